The maximum absolute atomic E-state index is 10.4. The third-order valence-electron chi connectivity index (χ3n) is 1.91. The van der Waals surface area contributed by atoms with Gasteiger partial charge in [0.25, 0.3) is 0 Å². The zero-order valence-corrected chi connectivity index (χ0v) is 9.52. The van der Waals surface area contributed by atoms with Crippen molar-refractivity contribution in [3.8, 4) is 5.75 Å². The van der Waals surface area contributed by atoms with Crippen LogP contribution in [0.1, 0.15) is 5.56 Å². The van der Waals surface area contributed by atoms with Crippen LogP contribution in [0.25, 0.3) is 0 Å². The number of primary amides is 1. The Balaban J connectivity index is 2.45. The van der Waals surface area contributed by atoms with E-state index >= 15 is 0 Å². The second-order valence-electron chi connectivity index (χ2n) is 3.28. The molecule has 17 heavy (non-hydrogen) atoms. The first-order valence-corrected chi connectivity index (χ1v) is 5.18. The maximum atomic E-state index is 10.4. The Kier molecular flexibility index (Phi) is 5.77. The molecule has 0 fully saturated rings. The summed E-state index contributed by atoms with van der Waals surface area (Å²) in [6.07, 6.45) is 1.67. The van der Waals surface area contributed by atoms with E-state index in [2.05, 4.69) is 12.1 Å². The molecule has 0 aromatic heterocycles. The van der Waals surface area contributed by atoms with Crippen LogP contribution in [0.3, 0.4) is 0 Å². The number of carbonyl (C=O) groups excluding carboxylic acids is 1. The molecule has 5 nitrogen and oxygen atoms in total. The minimum absolute atomic E-state index is 0.157. The summed E-state index contributed by atoms with van der Waals surface area (Å²) in [5.74, 6) is 0.233. The number of hydrogen-bond donors (Lipinski definition) is 2. The molecule has 0 atom stereocenters. The van der Waals surface area contributed by atoms with Gasteiger partial charge in [0, 0.05) is 12.1 Å². The van der Waals surface area contributed by atoms with Crippen LogP contribution in [-0.2, 0) is 16.2 Å². The van der Waals surface area contributed by atoms with Crippen LogP contribution < -0.4 is 16.0 Å². The largest absolute Gasteiger partial charge is 0.489 e. The summed E-state index contributed by atoms with van der Waals surface area (Å²) in [5, 5.41) is 0. The van der Waals surface area contributed by atoms with Crippen molar-refractivity contribution in [2.45, 2.75) is 6.54 Å². The number of carbonyl (C=O) groups is 1. The van der Waals surface area contributed by atoms with Gasteiger partial charge in [-0.25, -0.2) is 0 Å². The van der Waals surface area contributed by atoms with Crippen molar-refractivity contribution in [1.82, 2.24) is 5.48 Å². The number of nitrogens with one attached hydrogen (secondary N) is 1. The predicted octanol–water partition coefficient (Wildman–Crippen LogP) is 0.758. The number of ether oxygens (including phenoxy) is 1. The Morgan fingerprint density at radius 3 is 2.94 bits per heavy atom. The first kappa shape index (κ1) is 13.2. The molecule has 5 heteroatoms. The molecule has 1 amide bonds. The monoisotopic (exact) mass is 236 g/mol. The minimum atomic E-state index is -0.520. The number of rotatable bonds is 8. The van der Waals surface area contributed by atoms with Gasteiger partial charge in [0.15, 0.2) is 0 Å². The third kappa shape index (κ3) is 5.14. The maximum Gasteiger partial charge on any atom is 0.245 e. The summed E-state index contributed by atoms with van der Waals surface area (Å²) >= 11 is 0. The van der Waals surface area contributed by atoms with E-state index in [4.69, 9.17) is 15.3 Å². The van der Waals surface area contributed by atoms with Crippen LogP contribution in [-0.4, -0.2) is 19.1 Å². The Morgan fingerprint density at radius 2 is 2.24 bits per heavy atom. The molecule has 1 aromatic rings. The highest BCUT2D eigenvalue weighted by Gasteiger charge is 2.02. The van der Waals surface area contributed by atoms with E-state index < -0.39 is 5.91 Å². The van der Waals surface area contributed by atoms with Crippen molar-refractivity contribution in [3.05, 3.63) is 42.5 Å². The standard InChI is InChI=1S/C12H16N2O3/c1-2-7-16-11-6-4-3-5-10(11)8-14-17-9-12(13)15/h2-6,14H,1,7-9H2,(H2,13,15). The van der Waals surface area contributed by atoms with E-state index in [0.29, 0.717) is 13.2 Å². The molecule has 1 aromatic carbocycles. The molecule has 0 aliphatic carbocycles. The lowest BCUT2D eigenvalue weighted by atomic mass is 10.2. The number of benzene rings is 1. The lowest BCUT2D eigenvalue weighted by Crippen LogP contribution is -2.24. The number of amides is 1. The fraction of sp³-hybridized carbons (Fsp3) is 0.250. The van der Waals surface area contributed by atoms with Crippen molar-refractivity contribution >= 4 is 5.91 Å². The Labute approximate surface area is 100 Å². The molecule has 0 saturated carbocycles. The molecule has 0 radical (unpaired) electrons. The van der Waals surface area contributed by atoms with Gasteiger partial charge in [-0.1, -0.05) is 30.9 Å². The average Bonchev–Trinajstić information content (AvgIpc) is 2.33. The van der Waals surface area contributed by atoms with Crippen LogP contribution in [0.4, 0.5) is 0 Å². The molecule has 0 unspecified atom stereocenters. The van der Waals surface area contributed by atoms with Gasteiger partial charge in [-0.2, -0.15) is 5.48 Å². The first-order chi connectivity index (χ1) is 8.24. The van der Waals surface area contributed by atoms with Gasteiger partial charge in [0.1, 0.15) is 19.0 Å². The van der Waals surface area contributed by atoms with Crippen LogP contribution >= 0.6 is 0 Å². The average molecular weight is 236 g/mol. The van der Waals surface area contributed by atoms with Crippen LogP contribution in [0.5, 0.6) is 5.75 Å². The molecular weight excluding hydrogens is 220 g/mol. The number of hydrogen-bond acceptors (Lipinski definition) is 4. The highest BCUT2D eigenvalue weighted by atomic mass is 16.6. The summed E-state index contributed by atoms with van der Waals surface area (Å²) < 4.78 is 5.46. The number of nitrogens with two attached hydrogens (primary N) is 1. The summed E-state index contributed by atoms with van der Waals surface area (Å²) in [4.78, 5) is 15.3. The molecular formula is C12H16N2O3. The Bertz CT molecular complexity index is 380. The summed E-state index contributed by atoms with van der Waals surface area (Å²) in [7, 11) is 0. The zero-order chi connectivity index (χ0) is 12.5. The molecule has 1 rings (SSSR count). The highest BCUT2D eigenvalue weighted by Crippen LogP contribution is 2.17. The highest BCUT2D eigenvalue weighted by molar-refractivity contribution is 5.74. The smallest absolute Gasteiger partial charge is 0.245 e. The lowest BCUT2D eigenvalue weighted by Gasteiger charge is -2.10. The second kappa shape index (κ2) is 7.43. The Morgan fingerprint density at radius 1 is 1.47 bits per heavy atom. The van der Waals surface area contributed by atoms with Gasteiger partial charge in [-0.3, -0.25) is 9.63 Å². The predicted molar refractivity (Wildman–Crippen MR) is 64.1 cm³/mol. The van der Waals surface area contributed by atoms with Crippen molar-refractivity contribution in [3.63, 3.8) is 0 Å². The fourth-order valence-corrected chi connectivity index (χ4v) is 1.19. The summed E-state index contributed by atoms with van der Waals surface area (Å²) in [6.45, 7) is 4.30. The van der Waals surface area contributed by atoms with Crippen molar-refractivity contribution in [2.75, 3.05) is 13.2 Å². The molecule has 3 N–H and O–H groups in total. The van der Waals surface area contributed by atoms with Crippen LogP contribution in [0.2, 0.25) is 0 Å². The van der Waals surface area contributed by atoms with Gasteiger partial charge in [-0.05, 0) is 6.07 Å². The Hall–Kier alpha value is -1.85. The van der Waals surface area contributed by atoms with Gasteiger partial charge < -0.3 is 10.5 Å². The van der Waals surface area contributed by atoms with E-state index in [1.165, 1.54) is 0 Å². The number of para-hydroxylation sites is 1. The van der Waals surface area contributed by atoms with E-state index in [0.717, 1.165) is 11.3 Å². The number of hydroxylamine groups is 1. The molecule has 0 saturated heterocycles. The van der Waals surface area contributed by atoms with E-state index in [-0.39, 0.29) is 6.61 Å². The van der Waals surface area contributed by atoms with Crippen LogP contribution in [0.15, 0.2) is 36.9 Å². The van der Waals surface area contributed by atoms with E-state index in [1.54, 1.807) is 6.08 Å². The van der Waals surface area contributed by atoms with E-state index in [9.17, 15) is 4.79 Å². The molecule has 0 bridgehead atoms. The van der Waals surface area contributed by atoms with Crippen molar-refractivity contribution in [2.24, 2.45) is 5.73 Å². The van der Waals surface area contributed by atoms with Gasteiger partial charge >= 0.3 is 0 Å². The quantitative estimate of drug-likeness (QED) is 0.397. The zero-order valence-electron chi connectivity index (χ0n) is 9.52. The first-order valence-electron chi connectivity index (χ1n) is 5.18. The van der Waals surface area contributed by atoms with Gasteiger partial charge in [-0.15, -0.1) is 0 Å². The molecule has 0 aliphatic heterocycles. The normalized spacial score (nSPS) is 9.88. The minimum Gasteiger partial charge on any atom is -0.489 e. The van der Waals surface area contributed by atoms with Crippen LogP contribution in [0, 0.1) is 0 Å². The summed E-state index contributed by atoms with van der Waals surface area (Å²) in [5.41, 5.74) is 8.50. The molecule has 0 aliphatic rings. The second-order valence-corrected chi connectivity index (χ2v) is 3.28. The van der Waals surface area contributed by atoms with E-state index in [1.807, 2.05) is 24.3 Å². The van der Waals surface area contributed by atoms with Crippen molar-refractivity contribution < 1.29 is 14.4 Å². The summed E-state index contributed by atoms with van der Waals surface area (Å²) in [6, 6.07) is 7.53. The SMILES string of the molecule is C=CCOc1ccccc1CNOCC(N)=O. The van der Waals surface area contributed by atoms with Gasteiger partial charge in [0.2, 0.25) is 5.91 Å². The van der Waals surface area contributed by atoms with Crippen molar-refractivity contribution in [1.29, 1.82) is 0 Å². The molecule has 0 spiro atoms. The lowest BCUT2D eigenvalue weighted by molar-refractivity contribution is -0.125. The third-order valence-corrected chi connectivity index (χ3v) is 1.91. The van der Waals surface area contributed by atoms with Gasteiger partial charge in [0.05, 0.1) is 0 Å². The molecule has 92 valence electrons. The topological polar surface area (TPSA) is 73.6 Å². The molecule has 0 heterocycles. The fourth-order valence-electron chi connectivity index (χ4n) is 1.19.